The first kappa shape index (κ1) is 13.6. The molecule has 0 aliphatic carbocycles. The van der Waals surface area contributed by atoms with Crippen molar-refractivity contribution in [3.63, 3.8) is 0 Å². The average Bonchev–Trinajstić information content (AvgIpc) is 2.43. The highest BCUT2D eigenvalue weighted by atomic mass is 19.1. The minimum atomic E-state index is -1.39. The summed E-state index contributed by atoms with van der Waals surface area (Å²) in [6.45, 7) is 1.02. The number of halogens is 1. The Kier molecular flexibility index (Phi) is 3.43. The van der Waals surface area contributed by atoms with Gasteiger partial charge in [-0.05, 0) is 12.1 Å². The lowest BCUT2D eigenvalue weighted by Crippen LogP contribution is -2.46. The van der Waals surface area contributed by atoms with Gasteiger partial charge in [0.05, 0.1) is 6.20 Å². The van der Waals surface area contributed by atoms with E-state index in [2.05, 4.69) is 0 Å². The zero-order valence-electron chi connectivity index (χ0n) is 10.4. The zero-order valence-corrected chi connectivity index (χ0v) is 10.4. The molecule has 0 N–H and O–H groups in total. The molecule has 0 bridgehead atoms. The van der Waals surface area contributed by atoms with Gasteiger partial charge in [-0.1, -0.05) is 18.2 Å². The molecule has 0 saturated heterocycles. The molecule has 0 radical (unpaired) electrons. The molecular weight excluding hydrogens is 267 g/mol. The van der Waals surface area contributed by atoms with E-state index in [4.69, 9.17) is 0 Å². The molecule has 0 amide bonds. The van der Waals surface area contributed by atoms with Crippen molar-refractivity contribution in [2.24, 2.45) is 0 Å². The second-order valence-corrected chi connectivity index (χ2v) is 3.96. The Morgan fingerprint density at radius 1 is 1.10 bits per heavy atom. The van der Waals surface area contributed by atoms with E-state index >= 15 is 0 Å². The quantitative estimate of drug-likeness (QED) is 0.759. The molecule has 0 aliphatic rings. The summed E-state index contributed by atoms with van der Waals surface area (Å²) >= 11 is 0. The summed E-state index contributed by atoms with van der Waals surface area (Å²) in [6, 6.07) is 7.44. The summed E-state index contributed by atoms with van der Waals surface area (Å²) in [5.41, 5.74) is -2.55. The fourth-order valence-electron chi connectivity index (χ4n) is 1.64. The zero-order chi connectivity index (χ0) is 14.9. The van der Waals surface area contributed by atoms with Crippen molar-refractivity contribution in [2.45, 2.75) is 6.92 Å². The summed E-state index contributed by atoms with van der Waals surface area (Å²) in [6.07, 6.45) is 0.474. The van der Waals surface area contributed by atoms with Crippen LogP contribution < -0.4 is 11.2 Å². The second kappa shape index (κ2) is 5.04. The SMILES string of the molecule is CC(=O)n1cc(F)c(=O)n(C(=O)c2ccccc2)c1=O. The average molecular weight is 276 g/mol. The number of carbonyl (C=O) groups is 2. The van der Waals surface area contributed by atoms with E-state index in [1.54, 1.807) is 6.07 Å². The highest BCUT2D eigenvalue weighted by molar-refractivity contribution is 5.95. The van der Waals surface area contributed by atoms with Crippen LogP contribution >= 0.6 is 0 Å². The fourth-order valence-corrected chi connectivity index (χ4v) is 1.64. The molecule has 0 unspecified atom stereocenters. The van der Waals surface area contributed by atoms with Crippen molar-refractivity contribution < 1.29 is 14.0 Å². The van der Waals surface area contributed by atoms with Crippen LogP contribution in [-0.4, -0.2) is 20.9 Å². The van der Waals surface area contributed by atoms with Crippen LogP contribution in [0.2, 0.25) is 0 Å². The van der Waals surface area contributed by atoms with Crippen LogP contribution in [0.4, 0.5) is 4.39 Å². The first-order valence-electron chi connectivity index (χ1n) is 5.58. The normalized spacial score (nSPS) is 10.3. The fraction of sp³-hybridized carbons (Fsp3) is 0.0769. The molecule has 20 heavy (non-hydrogen) atoms. The maximum Gasteiger partial charge on any atom is 0.345 e. The van der Waals surface area contributed by atoms with E-state index in [0.29, 0.717) is 10.8 Å². The third-order valence-corrected chi connectivity index (χ3v) is 2.61. The van der Waals surface area contributed by atoms with Crippen molar-refractivity contribution in [3.8, 4) is 0 Å². The van der Waals surface area contributed by atoms with Gasteiger partial charge in [0.2, 0.25) is 11.7 Å². The Balaban J connectivity index is 2.75. The van der Waals surface area contributed by atoms with E-state index in [1.807, 2.05) is 0 Å². The number of benzene rings is 1. The van der Waals surface area contributed by atoms with Crippen LogP contribution in [0.5, 0.6) is 0 Å². The van der Waals surface area contributed by atoms with Gasteiger partial charge in [0.25, 0.3) is 11.5 Å². The van der Waals surface area contributed by atoms with E-state index in [1.165, 1.54) is 24.3 Å². The van der Waals surface area contributed by atoms with Crippen LogP contribution in [0.15, 0.2) is 46.1 Å². The van der Waals surface area contributed by atoms with Gasteiger partial charge < -0.3 is 0 Å². The van der Waals surface area contributed by atoms with Gasteiger partial charge in [0.15, 0.2) is 0 Å². The van der Waals surface area contributed by atoms with Crippen molar-refractivity contribution >= 4 is 11.8 Å². The smallest absolute Gasteiger partial charge is 0.274 e. The summed E-state index contributed by atoms with van der Waals surface area (Å²) in [5, 5.41) is 0. The highest BCUT2D eigenvalue weighted by Crippen LogP contribution is 2.00. The maximum atomic E-state index is 13.5. The predicted octanol–water partition coefficient (Wildman–Crippen LogP) is 0.498. The van der Waals surface area contributed by atoms with Crippen molar-refractivity contribution in [1.29, 1.82) is 0 Å². The standard InChI is InChI=1S/C13H9FN2O4/c1-8(17)15-7-10(14)12(19)16(13(15)20)11(18)9-5-3-2-4-6-9/h2-7H,1H3. The summed E-state index contributed by atoms with van der Waals surface area (Å²) in [5.74, 6) is -3.15. The molecule has 102 valence electrons. The van der Waals surface area contributed by atoms with Gasteiger partial charge in [-0.2, -0.15) is 8.96 Å². The predicted molar refractivity (Wildman–Crippen MR) is 67.4 cm³/mol. The molecule has 1 heterocycles. The van der Waals surface area contributed by atoms with Crippen LogP contribution in [-0.2, 0) is 0 Å². The number of hydrogen-bond donors (Lipinski definition) is 0. The lowest BCUT2D eigenvalue weighted by atomic mass is 10.2. The number of carbonyl (C=O) groups excluding carboxylic acids is 2. The number of aromatic nitrogens is 2. The molecule has 0 fully saturated rings. The van der Waals surface area contributed by atoms with Gasteiger partial charge in [-0.15, -0.1) is 0 Å². The maximum absolute atomic E-state index is 13.5. The molecule has 1 aromatic carbocycles. The van der Waals surface area contributed by atoms with Gasteiger partial charge in [0, 0.05) is 12.5 Å². The van der Waals surface area contributed by atoms with Crippen LogP contribution in [0.3, 0.4) is 0 Å². The van der Waals surface area contributed by atoms with E-state index < -0.39 is 28.9 Å². The monoisotopic (exact) mass is 276 g/mol. The van der Waals surface area contributed by atoms with Crippen molar-refractivity contribution in [3.05, 3.63) is 68.7 Å². The van der Waals surface area contributed by atoms with E-state index in [9.17, 15) is 23.6 Å². The Hall–Kier alpha value is -2.83. The molecule has 0 spiro atoms. The molecular formula is C13H9FN2O4. The minimum absolute atomic E-state index is 0.0346. The van der Waals surface area contributed by atoms with Crippen LogP contribution in [0.1, 0.15) is 22.1 Å². The van der Waals surface area contributed by atoms with Crippen molar-refractivity contribution in [2.75, 3.05) is 0 Å². The van der Waals surface area contributed by atoms with E-state index in [0.717, 1.165) is 6.92 Å². The van der Waals surface area contributed by atoms with Crippen molar-refractivity contribution in [1.82, 2.24) is 9.13 Å². The first-order valence-corrected chi connectivity index (χ1v) is 5.58. The molecule has 0 aliphatic heterocycles. The van der Waals surface area contributed by atoms with Crippen LogP contribution in [0, 0.1) is 5.82 Å². The van der Waals surface area contributed by atoms with E-state index in [-0.39, 0.29) is 10.1 Å². The Morgan fingerprint density at radius 3 is 2.25 bits per heavy atom. The number of nitrogens with zero attached hydrogens (tertiary/aromatic N) is 2. The second-order valence-electron chi connectivity index (χ2n) is 3.96. The Labute approximate surface area is 111 Å². The molecule has 0 atom stereocenters. The molecule has 2 rings (SSSR count). The summed E-state index contributed by atoms with van der Waals surface area (Å²) in [7, 11) is 0. The lowest BCUT2D eigenvalue weighted by Gasteiger charge is -2.06. The largest absolute Gasteiger partial charge is 0.345 e. The third-order valence-electron chi connectivity index (χ3n) is 2.61. The first-order chi connectivity index (χ1) is 9.43. The topological polar surface area (TPSA) is 78.1 Å². The summed E-state index contributed by atoms with van der Waals surface area (Å²) in [4.78, 5) is 46.8. The lowest BCUT2D eigenvalue weighted by molar-refractivity contribution is 0.0913. The molecule has 2 aromatic rings. The molecule has 7 heteroatoms. The highest BCUT2D eigenvalue weighted by Gasteiger charge is 2.19. The summed E-state index contributed by atoms with van der Waals surface area (Å²) < 4.78 is 13.9. The Bertz CT molecular complexity index is 805. The third kappa shape index (κ3) is 2.20. The molecule has 0 saturated carbocycles. The molecule has 1 aromatic heterocycles. The number of rotatable bonds is 1. The number of hydrogen-bond acceptors (Lipinski definition) is 4. The van der Waals surface area contributed by atoms with Gasteiger partial charge in [-0.25, -0.2) is 9.36 Å². The minimum Gasteiger partial charge on any atom is -0.274 e. The van der Waals surface area contributed by atoms with Crippen LogP contribution in [0.25, 0.3) is 0 Å². The Morgan fingerprint density at radius 2 is 1.70 bits per heavy atom. The van der Waals surface area contributed by atoms with Gasteiger partial charge in [-0.3, -0.25) is 14.4 Å². The molecule has 6 nitrogen and oxygen atoms in total. The van der Waals surface area contributed by atoms with Gasteiger partial charge in [0.1, 0.15) is 0 Å². The van der Waals surface area contributed by atoms with Gasteiger partial charge >= 0.3 is 5.69 Å².